The number of fused-ring (bicyclic) bond motifs is 2. The van der Waals surface area contributed by atoms with Crippen molar-refractivity contribution < 1.29 is 27.5 Å². The molecule has 0 atom stereocenters. The van der Waals surface area contributed by atoms with Gasteiger partial charge >= 0.3 is 0 Å². The Morgan fingerprint density at radius 2 is 1.92 bits per heavy atom. The lowest BCUT2D eigenvalue weighted by Gasteiger charge is -2.39. The number of pyridine rings is 1. The van der Waals surface area contributed by atoms with Gasteiger partial charge in [-0.3, -0.25) is 9.69 Å². The zero-order valence-electron chi connectivity index (χ0n) is 21.8. The summed E-state index contributed by atoms with van der Waals surface area (Å²) in [5, 5.41) is 3.91. The van der Waals surface area contributed by atoms with Gasteiger partial charge in [0.05, 0.1) is 18.4 Å². The van der Waals surface area contributed by atoms with Gasteiger partial charge in [-0.15, -0.1) is 0 Å². The van der Waals surface area contributed by atoms with Crippen LogP contribution in [0.25, 0.3) is 11.1 Å². The lowest BCUT2D eigenvalue weighted by Crippen LogP contribution is -2.42. The maximum absolute atomic E-state index is 14.1. The first kappa shape index (κ1) is 26.8. The lowest BCUT2D eigenvalue weighted by molar-refractivity contribution is -0.133. The molecule has 0 bridgehead atoms. The van der Waals surface area contributed by atoms with Gasteiger partial charge in [0, 0.05) is 51.1 Å². The summed E-state index contributed by atoms with van der Waals surface area (Å²) in [6, 6.07) is 10.9. The lowest BCUT2D eigenvalue weighted by atomic mass is 9.84. The minimum absolute atomic E-state index is 0.211. The van der Waals surface area contributed by atoms with E-state index in [0.717, 1.165) is 54.8 Å². The van der Waals surface area contributed by atoms with E-state index in [1.807, 2.05) is 18.2 Å². The third-order valence-electron chi connectivity index (χ3n) is 7.32. The first-order chi connectivity index (χ1) is 18.7. The summed E-state index contributed by atoms with van der Waals surface area (Å²) in [6.45, 7) is 2.37. The molecule has 0 aliphatic carbocycles. The highest BCUT2D eigenvalue weighted by Gasteiger charge is 2.43. The number of likely N-dealkylation sites (N-methyl/N-ethyl adjacent to an activating group) is 1. The van der Waals surface area contributed by atoms with E-state index in [0.29, 0.717) is 29.8 Å². The summed E-state index contributed by atoms with van der Waals surface area (Å²) in [5.74, 6) is -2.60. The van der Waals surface area contributed by atoms with Crippen molar-refractivity contribution >= 4 is 12.1 Å². The van der Waals surface area contributed by atoms with Crippen molar-refractivity contribution in [3.8, 4) is 11.1 Å². The Hall–Kier alpha value is -3.76. The maximum atomic E-state index is 14.1. The Bertz CT molecular complexity index is 1400. The number of piperidine rings is 1. The monoisotopic (exact) mass is 538 g/mol. The van der Waals surface area contributed by atoms with Crippen LogP contribution in [0, 0.1) is 17.6 Å². The van der Waals surface area contributed by atoms with Crippen LogP contribution < -0.4 is 0 Å². The van der Waals surface area contributed by atoms with Crippen LogP contribution in [-0.2, 0) is 33.1 Å². The van der Waals surface area contributed by atoms with E-state index in [-0.39, 0.29) is 12.5 Å². The molecule has 2 aliphatic heterocycles. The molecule has 39 heavy (non-hydrogen) atoms. The van der Waals surface area contributed by atoms with E-state index >= 15 is 0 Å². The van der Waals surface area contributed by atoms with E-state index < -0.39 is 23.2 Å². The van der Waals surface area contributed by atoms with E-state index in [1.165, 1.54) is 23.2 Å². The van der Waals surface area contributed by atoms with E-state index in [9.17, 15) is 18.0 Å². The fourth-order valence-corrected chi connectivity index (χ4v) is 5.08. The molecule has 0 saturated carbocycles. The van der Waals surface area contributed by atoms with Crippen molar-refractivity contribution in [2.45, 2.75) is 31.6 Å². The van der Waals surface area contributed by atoms with Crippen LogP contribution in [0.15, 0.2) is 53.8 Å². The Kier molecular flexibility index (Phi) is 7.67. The highest BCUT2D eigenvalue weighted by atomic mass is 19.2. The summed E-state index contributed by atoms with van der Waals surface area (Å²) in [5.41, 5.74) is 4.18. The number of carbonyl (C=O) groups is 1. The molecule has 1 amide bonds. The third kappa shape index (κ3) is 5.81. The summed E-state index contributed by atoms with van der Waals surface area (Å²) in [7, 11) is 3.24. The zero-order chi connectivity index (χ0) is 27.6. The first-order valence-electron chi connectivity index (χ1n) is 12.7. The molecule has 1 saturated heterocycles. The van der Waals surface area contributed by atoms with Gasteiger partial charge in [-0.1, -0.05) is 23.4 Å². The van der Waals surface area contributed by atoms with Gasteiger partial charge < -0.3 is 14.5 Å². The highest BCUT2D eigenvalue weighted by molar-refractivity contribution is 5.90. The summed E-state index contributed by atoms with van der Waals surface area (Å²) < 4.78 is 47.4. The molecule has 5 rings (SSSR count). The number of oxime groups is 1. The quantitative estimate of drug-likeness (QED) is 0.249. The molecule has 1 aromatic heterocycles. The minimum atomic E-state index is -0.943. The average Bonchev–Trinajstić information content (AvgIpc) is 3.26. The maximum Gasteiger partial charge on any atom is 0.262 e. The predicted octanol–water partition coefficient (Wildman–Crippen LogP) is 4.63. The third-order valence-corrected chi connectivity index (χ3v) is 7.32. The number of halogens is 3. The second-order valence-corrected chi connectivity index (χ2v) is 10.1. The smallest absolute Gasteiger partial charge is 0.262 e. The number of benzene rings is 2. The fourth-order valence-electron chi connectivity index (χ4n) is 5.08. The van der Waals surface area contributed by atoms with Gasteiger partial charge in [0.1, 0.15) is 0 Å². The average molecular weight is 539 g/mol. The molecule has 3 aromatic rings. The Morgan fingerprint density at radius 1 is 1.13 bits per heavy atom. The second-order valence-electron chi connectivity index (χ2n) is 10.1. The molecule has 1 spiro atoms. The number of amides is 1. The molecule has 0 unspecified atom stereocenters. The van der Waals surface area contributed by atoms with Crippen molar-refractivity contribution in [3.63, 3.8) is 0 Å². The highest BCUT2D eigenvalue weighted by Crippen LogP contribution is 2.44. The molecule has 1 fully saturated rings. The van der Waals surface area contributed by atoms with Crippen LogP contribution in [0.1, 0.15) is 35.1 Å². The normalized spacial score (nSPS) is 16.5. The molecule has 204 valence electrons. The number of rotatable bonds is 7. The van der Waals surface area contributed by atoms with Gasteiger partial charge in [-0.05, 0) is 59.4 Å². The molecular weight excluding hydrogens is 509 g/mol. The van der Waals surface area contributed by atoms with Crippen LogP contribution in [-0.4, -0.2) is 60.7 Å². The Labute approximate surface area is 224 Å². The minimum Gasteiger partial charge on any atom is -0.386 e. The summed E-state index contributed by atoms with van der Waals surface area (Å²) >= 11 is 0. The van der Waals surface area contributed by atoms with Crippen LogP contribution >= 0.6 is 0 Å². The molecule has 10 heteroatoms. The number of hydrogen-bond acceptors (Lipinski definition) is 6. The Morgan fingerprint density at radius 3 is 2.67 bits per heavy atom. The van der Waals surface area contributed by atoms with Gasteiger partial charge in [-0.2, -0.15) is 4.39 Å². The number of aromatic nitrogens is 1. The molecule has 2 aliphatic rings. The molecule has 0 N–H and O–H groups in total. The fraction of sp³-hybridized carbons (Fsp3) is 0.345. The molecule has 3 heterocycles. The van der Waals surface area contributed by atoms with Crippen molar-refractivity contribution in [1.29, 1.82) is 0 Å². The van der Waals surface area contributed by atoms with E-state index in [4.69, 9.17) is 9.57 Å². The molecule has 7 nitrogen and oxygen atoms in total. The van der Waals surface area contributed by atoms with Crippen LogP contribution in [0.3, 0.4) is 0 Å². The molecule has 2 aromatic carbocycles. The van der Waals surface area contributed by atoms with Crippen LogP contribution in [0.4, 0.5) is 13.2 Å². The number of carbonyl (C=O) groups excluding carboxylic acids is 1. The number of likely N-dealkylation sites (tertiary alicyclic amines) is 1. The van der Waals surface area contributed by atoms with Crippen molar-refractivity contribution in [2.24, 2.45) is 5.16 Å². The molecular formula is C29H29F3N4O3. The van der Waals surface area contributed by atoms with Crippen molar-refractivity contribution in [2.75, 3.05) is 33.8 Å². The second kappa shape index (κ2) is 11.2. The largest absolute Gasteiger partial charge is 0.386 e. The number of hydrogen-bond donors (Lipinski definition) is 0. The van der Waals surface area contributed by atoms with Crippen molar-refractivity contribution in [3.05, 3.63) is 88.5 Å². The molecule has 0 radical (unpaired) electrons. The van der Waals surface area contributed by atoms with Crippen LogP contribution in [0.5, 0.6) is 0 Å². The number of ether oxygens (including phenoxy) is 1. The Balaban J connectivity index is 1.32. The van der Waals surface area contributed by atoms with Gasteiger partial charge in [0.25, 0.3) is 5.91 Å². The van der Waals surface area contributed by atoms with E-state index in [1.54, 1.807) is 20.3 Å². The first-order valence-corrected chi connectivity index (χ1v) is 12.7. The summed E-state index contributed by atoms with van der Waals surface area (Å²) in [6.07, 6.45) is 4.58. The number of nitrogens with zero attached hydrogens (tertiary/aromatic N) is 4. The van der Waals surface area contributed by atoms with Gasteiger partial charge in [-0.25, -0.2) is 13.8 Å². The van der Waals surface area contributed by atoms with Gasteiger partial charge in [0.2, 0.25) is 5.95 Å². The van der Waals surface area contributed by atoms with Gasteiger partial charge in [0.15, 0.2) is 18.2 Å². The zero-order valence-corrected chi connectivity index (χ0v) is 21.8. The van der Waals surface area contributed by atoms with Crippen LogP contribution in [0.2, 0.25) is 0 Å². The standard InChI is InChI=1S/C29H29F3N4O3/c1-35(2)28(37)18-39-34-14-21-4-3-19(11-23(21)20-5-6-25(30)26(31)12-20)16-36-9-7-29(8-10-36)24-15-33-27(32)13-22(24)17-38-29/h3-6,11-15H,7-10,16-18H2,1-2H3. The SMILES string of the molecule is CN(C)C(=O)CON=Cc1ccc(CN2CCC3(CC2)OCc2cc(F)ncc23)cc1-c1ccc(F)c(F)c1. The summed E-state index contributed by atoms with van der Waals surface area (Å²) in [4.78, 5) is 24.4. The topological polar surface area (TPSA) is 67.3 Å². The van der Waals surface area contributed by atoms with E-state index in [2.05, 4.69) is 15.0 Å². The predicted molar refractivity (Wildman–Crippen MR) is 139 cm³/mol. The van der Waals surface area contributed by atoms with Crippen molar-refractivity contribution in [1.82, 2.24) is 14.8 Å².